The topological polar surface area (TPSA) is 35.5 Å². The van der Waals surface area contributed by atoms with Crippen molar-refractivity contribution >= 4 is 21.7 Å². The first kappa shape index (κ1) is 15.6. The van der Waals surface area contributed by atoms with E-state index in [9.17, 15) is 4.79 Å². The lowest BCUT2D eigenvalue weighted by atomic mass is 10.1. The third-order valence-corrected chi connectivity index (χ3v) is 3.99. The van der Waals surface area contributed by atoms with E-state index >= 15 is 0 Å². The number of benzene rings is 2. The fraction of sp³-hybridized carbons (Fsp3) is 0.235. The molecule has 21 heavy (non-hydrogen) atoms. The largest absolute Gasteiger partial charge is 0.497 e. The predicted octanol–water partition coefficient (Wildman–Crippen LogP) is 4.55. The summed E-state index contributed by atoms with van der Waals surface area (Å²) in [6.45, 7) is 3.92. The zero-order chi connectivity index (χ0) is 15.4. The van der Waals surface area contributed by atoms with Gasteiger partial charge in [-0.2, -0.15) is 0 Å². The van der Waals surface area contributed by atoms with Crippen LogP contribution in [0.1, 0.15) is 28.4 Å². The van der Waals surface area contributed by atoms with Crippen LogP contribution >= 0.6 is 15.9 Å². The zero-order valence-electron chi connectivity index (χ0n) is 12.3. The summed E-state index contributed by atoms with van der Waals surface area (Å²) in [4.78, 5) is 11.3. The molecule has 0 amide bonds. The smallest absolute Gasteiger partial charge is 0.159 e. The van der Waals surface area contributed by atoms with Crippen molar-refractivity contribution in [1.29, 1.82) is 0 Å². The minimum atomic E-state index is 0.0557. The van der Waals surface area contributed by atoms with Crippen molar-refractivity contribution in [3.8, 4) is 11.5 Å². The second-order valence-electron chi connectivity index (χ2n) is 4.78. The van der Waals surface area contributed by atoms with Gasteiger partial charge in [-0.15, -0.1) is 0 Å². The van der Waals surface area contributed by atoms with E-state index in [0.29, 0.717) is 12.2 Å². The summed E-state index contributed by atoms with van der Waals surface area (Å²) >= 11 is 3.50. The van der Waals surface area contributed by atoms with Gasteiger partial charge in [-0.25, -0.2) is 0 Å². The molecule has 0 saturated heterocycles. The molecule has 0 heterocycles. The van der Waals surface area contributed by atoms with Crippen molar-refractivity contribution in [2.75, 3.05) is 7.11 Å². The first-order valence-corrected chi connectivity index (χ1v) is 7.37. The highest BCUT2D eigenvalue weighted by Crippen LogP contribution is 2.25. The Morgan fingerprint density at radius 3 is 2.57 bits per heavy atom. The van der Waals surface area contributed by atoms with Crippen molar-refractivity contribution in [3.63, 3.8) is 0 Å². The van der Waals surface area contributed by atoms with Crippen LogP contribution in [0.5, 0.6) is 11.5 Å². The average Bonchev–Trinajstić information content (AvgIpc) is 2.47. The number of carbonyl (C=O) groups excluding carboxylic acids is 1. The van der Waals surface area contributed by atoms with Crippen LogP contribution < -0.4 is 9.47 Å². The van der Waals surface area contributed by atoms with E-state index in [-0.39, 0.29) is 5.78 Å². The predicted molar refractivity (Wildman–Crippen MR) is 86.2 cm³/mol. The highest BCUT2D eigenvalue weighted by molar-refractivity contribution is 9.10. The van der Waals surface area contributed by atoms with Gasteiger partial charge >= 0.3 is 0 Å². The number of hydrogen-bond acceptors (Lipinski definition) is 3. The normalized spacial score (nSPS) is 10.3. The molecule has 0 aromatic heterocycles. The number of carbonyl (C=O) groups is 1. The molecule has 0 aliphatic heterocycles. The third-order valence-electron chi connectivity index (χ3n) is 3.22. The molecule has 3 nitrogen and oxygen atoms in total. The number of Topliss-reactive ketones (excluding diaryl/α,β-unsaturated/α-hetero) is 1. The Balaban J connectivity index is 2.15. The van der Waals surface area contributed by atoms with E-state index in [2.05, 4.69) is 15.9 Å². The molecule has 0 aliphatic carbocycles. The van der Waals surface area contributed by atoms with E-state index in [1.807, 2.05) is 37.3 Å². The quantitative estimate of drug-likeness (QED) is 0.743. The Bertz CT molecular complexity index is 665. The number of aryl methyl sites for hydroxylation is 1. The van der Waals surface area contributed by atoms with Gasteiger partial charge in [0, 0.05) is 15.6 Å². The van der Waals surface area contributed by atoms with Gasteiger partial charge in [0.25, 0.3) is 0 Å². The molecule has 110 valence electrons. The van der Waals surface area contributed by atoms with Crippen molar-refractivity contribution in [1.82, 2.24) is 0 Å². The lowest BCUT2D eigenvalue weighted by Gasteiger charge is -2.12. The van der Waals surface area contributed by atoms with E-state index in [4.69, 9.17) is 9.47 Å². The number of rotatable bonds is 5. The number of halogens is 1. The highest BCUT2D eigenvalue weighted by atomic mass is 79.9. The monoisotopic (exact) mass is 348 g/mol. The summed E-state index contributed by atoms with van der Waals surface area (Å²) < 4.78 is 12.0. The zero-order valence-corrected chi connectivity index (χ0v) is 13.9. The summed E-state index contributed by atoms with van der Waals surface area (Å²) in [7, 11) is 1.64. The lowest BCUT2D eigenvalue weighted by molar-refractivity contribution is 0.101. The minimum absolute atomic E-state index is 0.0557. The average molecular weight is 349 g/mol. The maximum absolute atomic E-state index is 11.3. The van der Waals surface area contributed by atoms with Crippen LogP contribution in [-0.2, 0) is 6.61 Å². The maximum atomic E-state index is 11.3. The first-order chi connectivity index (χ1) is 10.0. The SMILES string of the molecule is COc1ccc(Br)c(COc2ccc(C(C)=O)cc2C)c1. The second-order valence-corrected chi connectivity index (χ2v) is 5.64. The van der Waals surface area contributed by atoms with Gasteiger partial charge in [0.15, 0.2) is 5.78 Å². The standard InChI is InChI=1S/C17H17BrO3/c1-11-8-13(12(2)19)4-7-17(11)21-10-14-9-15(20-3)5-6-16(14)18/h4-9H,10H2,1-3H3. The molecule has 0 fully saturated rings. The van der Waals surface area contributed by atoms with Gasteiger partial charge in [0.2, 0.25) is 0 Å². The van der Waals surface area contributed by atoms with Gasteiger partial charge in [-0.1, -0.05) is 15.9 Å². The molecule has 0 bridgehead atoms. The molecule has 2 aromatic rings. The van der Waals surface area contributed by atoms with Gasteiger partial charge in [-0.3, -0.25) is 4.79 Å². The summed E-state index contributed by atoms with van der Waals surface area (Å²) in [5, 5.41) is 0. The number of methoxy groups -OCH3 is 1. The van der Waals surface area contributed by atoms with Crippen molar-refractivity contribution in [2.24, 2.45) is 0 Å². The molecule has 2 rings (SSSR count). The number of ketones is 1. The van der Waals surface area contributed by atoms with Crippen molar-refractivity contribution < 1.29 is 14.3 Å². The first-order valence-electron chi connectivity index (χ1n) is 6.58. The van der Waals surface area contributed by atoms with Gasteiger partial charge < -0.3 is 9.47 Å². The van der Waals surface area contributed by atoms with E-state index in [1.54, 1.807) is 20.1 Å². The van der Waals surface area contributed by atoms with Crippen LogP contribution in [0.3, 0.4) is 0 Å². The lowest BCUT2D eigenvalue weighted by Crippen LogP contribution is -2.00. The molecular weight excluding hydrogens is 332 g/mol. The van der Waals surface area contributed by atoms with Crippen LogP contribution in [0, 0.1) is 6.92 Å². The van der Waals surface area contributed by atoms with Crippen LogP contribution in [0.15, 0.2) is 40.9 Å². The van der Waals surface area contributed by atoms with Gasteiger partial charge in [-0.05, 0) is 55.8 Å². The molecule has 0 N–H and O–H groups in total. The summed E-state index contributed by atoms with van der Waals surface area (Å²) in [5.74, 6) is 1.62. The van der Waals surface area contributed by atoms with Crippen LogP contribution in [0.2, 0.25) is 0 Å². The van der Waals surface area contributed by atoms with Gasteiger partial charge in [0.05, 0.1) is 7.11 Å². The molecular formula is C17H17BrO3. The van der Waals surface area contributed by atoms with E-state index < -0.39 is 0 Å². The fourth-order valence-electron chi connectivity index (χ4n) is 1.97. The molecule has 0 radical (unpaired) electrons. The summed E-state index contributed by atoms with van der Waals surface area (Å²) in [6.07, 6.45) is 0. The maximum Gasteiger partial charge on any atom is 0.159 e. The third kappa shape index (κ3) is 3.85. The Morgan fingerprint density at radius 1 is 1.19 bits per heavy atom. The molecule has 2 aromatic carbocycles. The molecule has 0 spiro atoms. The Kier molecular flexibility index (Phi) is 5.02. The molecule has 0 saturated carbocycles. The van der Waals surface area contributed by atoms with E-state index in [1.165, 1.54) is 0 Å². The van der Waals surface area contributed by atoms with Crippen LogP contribution in [0.25, 0.3) is 0 Å². The number of ether oxygens (including phenoxy) is 2. The fourth-order valence-corrected chi connectivity index (χ4v) is 2.34. The molecule has 0 aliphatic rings. The Morgan fingerprint density at radius 2 is 1.95 bits per heavy atom. The Labute approximate surface area is 133 Å². The van der Waals surface area contributed by atoms with Crippen LogP contribution in [0.4, 0.5) is 0 Å². The summed E-state index contributed by atoms with van der Waals surface area (Å²) in [6, 6.07) is 11.2. The van der Waals surface area contributed by atoms with E-state index in [0.717, 1.165) is 27.1 Å². The second kappa shape index (κ2) is 6.76. The summed E-state index contributed by atoms with van der Waals surface area (Å²) in [5.41, 5.74) is 2.65. The highest BCUT2D eigenvalue weighted by Gasteiger charge is 2.07. The Hall–Kier alpha value is -1.81. The number of hydrogen-bond donors (Lipinski definition) is 0. The van der Waals surface area contributed by atoms with Crippen molar-refractivity contribution in [2.45, 2.75) is 20.5 Å². The minimum Gasteiger partial charge on any atom is -0.497 e. The molecule has 0 atom stereocenters. The molecule has 0 unspecified atom stereocenters. The van der Waals surface area contributed by atoms with Crippen LogP contribution in [-0.4, -0.2) is 12.9 Å². The van der Waals surface area contributed by atoms with Gasteiger partial charge in [0.1, 0.15) is 18.1 Å². The van der Waals surface area contributed by atoms with Crippen molar-refractivity contribution in [3.05, 3.63) is 57.6 Å². The molecule has 4 heteroatoms.